The lowest BCUT2D eigenvalue weighted by molar-refractivity contribution is -0.146. The van der Waals surface area contributed by atoms with Gasteiger partial charge in [-0.2, -0.15) is 18.3 Å². The molecule has 0 aliphatic carbocycles. The van der Waals surface area contributed by atoms with Crippen LogP contribution in [0.25, 0.3) is 0 Å². The molecule has 1 aliphatic rings. The molecule has 0 bridgehead atoms. The molecule has 0 radical (unpaired) electrons. The van der Waals surface area contributed by atoms with Crippen molar-refractivity contribution in [3.63, 3.8) is 0 Å². The Hall–Kier alpha value is -2.06. The molecule has 1 aromatic heterocycles. The third-order valence-electron chi connectivity index (χ3n) is 3.35. The highest BCUT2D eigenvalue weighted by molar-refractivity contribution is 5.77. The van der Waals surface area contributed by atoms with Crippen LogP contribution in [0.15, 0.2) is 12.3 Å². The summed E-state index contributed by atoms with van der Waals surface area (Å²) < 4.78 is 38.1. The largest absolute Gasteiger partial charge is 0.481 e. The van der Waals surface area contributed by atoms with Crippen LogP contribution < -0.4 is 0 Å². The van der Waals surface area contributed by atoms with E-state index in [-0.39, 0.29) is 13.1 Å². The van der Waals surface area contributed by atoms with E-state index in [2.05, 4.69) is 5.10 Å². The quantitative estimate of drug-likeness (QED) is 0.911. The van der Waals surface area contributed by atoms with Gasteiger partial charge < -0.3 is 10.0 Å². The van der Waals surface area contributed by atoms with Crippen molar-refractivity contribution in [2.75, 3.05) is 13.1 Å². The van der Waals surface area contributed by atoms with E-state index in [1.54, 1.807) is 0 Å². The number of alkyl halides is 3. The summed E-state index contributed by atoms with van der Waals surface area (Å²) in [5.41, 5.74) is -1.06. The first-order chi connectivity index (χ1) is 9.77. The highest BCUT2D eigenvalue weighted by Gasteiger charge is 2.34. The first-order valence-electron chi connectivity index (χ1n) is 6.38. The Bertz CT molecular complexity index is 541. The molecule has 1 amide bonds. The normalized spacial score (nSPS) is 19.6. The molecule has 0 saturated carbocycles. The predicted octanol–water partition coefficient (Wildman–Crippen LogP) is 1.23. The van der Waals surface area contributed by atoms with Gasteiger partial charge in [0.25, 0.3) is 0 Å². The van der Waals surface area contributed by atoms with Crippen LogP contribution in [-0.4, -0.2) is 44.8 Å². The molecule has 0 aromatic carbocycles. The first-order valence-corrected chi connectivity index (χ1v) is 6.38. The number of carboxylic acid groups (broad SMARTS) is 1. The number of likely N-dealkylation sites (tertiary alicyclic amines) is 1. The molecule has 0 spiro atoms. The second-order valence-corrected chi connectivity index (χ2v) is 4.91. The average molecular weight is 305 g/mol. The van der Waals surface area contributed by atoms with Gasteiger partial charge in [0.15, 0.2) is 5.69 Å². The smallest absolute Gasteiger partial charge is 0.435 e. The Morgan fingerprint density at radius 1 is 1.43 bits per heavy atom. The zero-order chi connectivity index (χ0) is 15.6. The summed E-state index contributed by atoms with van der Waals surface area (Å²) in [5, 5.41) is 12.2. The van der Waals surface area contributed by atoms with Crippen LogP contribution in [0, 0.1) is 5.92 Å². The van der Waals surface area contributed by atoms with Crippen molar-refractivity contribution >= 4 is 11.9 Å². The van der Waals surface area contributed by atoms with Gasteiger partial charge in [0.1, 0.15) is 6.54 Å². The van der Waals surface area contributed by atoms with E-state index in [9.17, 15) is 22.8 Å². The van der Waals surface area contributed by atoms with Crippen molar-refractivity contribution < 1.29 is 27.9 Å². The first kappa shape index (κ1) is 15.3. The van der Waals surface area contributed by atoms with Gasteiger partial charge in [-0.25, -0.2) is 0 Å². The molecule has 1 aromatic rings. The molecule has 1 N–H and O–H groups in total. The summed E-state index contributed by atoms with van der Waals surface area (Å²) in [7, 11) is 0. The van der Waals surface area contributed by atoms with Gasteiger partial charge in [0.05, 0.1) is 5.92 Å². The number of nitrogens with zero attached hydrogens (tertiary/aromatic N) is 3. The summed E-state index contributed by atoms with van der Waals surface area (Å²) in [6.45, 7) is 0.167. The molecular weight excluding hydrogens is 291 g/mol. The van der Waals surface area contributed by atoms with E-state index in [1.165, 1.54) is 4.90 Å². The van der Waals surface area contributed by atoms with Crippen molar-refractivity contribution in [1.29, 1.82) is 0 Å². The topological polar surface area (TPSA) is 75.4 Å². The number of hydrogen-bond donors (Lipinski definition) is 1. The number of hydrogen-bond acceptors (Lipinski definition) is 3. The Balaban J connectivity index is 1.98. The number of carbonyl (C=O) groups is 2. The van der Waals surface area contributed by atoms with Crippen LogP contribution >= 0.6 is 0 Å². The van der Waals surface area contributed by atoms with Gasteiger partial charge >= 0.3 is 12.1 Å². The lowest BCUT2D eigenvalue weighted by Gasteiger charge is -2.30. The van der Waals surface area contributed by atoms with Gasteiger partial charge in [-0.1, -0.05) is 0 Å². The van der Waals surface area contributed by atoms with Crippen LogP contribution in [0.3, 0.4) is 0 Å². The average Bonchev–Trinajstić information content (AvgIpc) is 2.87. The predicted molar refractivity (Wildman–Crippen MR) is 64.2 cm³/mol. The lowest BCUT2D eigenvalue weighted by Crippen LogP contribution is -2.43. The second kappa shape index (κ2) is 5.74. The maximum absolute atomic E-state index is 12.4. The van der Waals surface area contributed by atoms with Crippen LogP contribution in [0.5, 0.6) is 0 Å². The molecule has 1 fully saturated rings. The third kappa shape index (κ3) is 3.73. The van der Waals surface area contributed by atoms with Crippen molar-refractivity contribution in [2.45, 2.75) is 25.6 Å². The Morgan fingerprint density at radius 2 is 2.14 bits per heavy atom. The van der Waals surface area contributed by atoms with Crippen LogP contribution in [0.4, 0.5) is 13.2 Å². The molecule has 21 heavy (non-hydrogen) atoms. The number of aromatic nitrogens is 2. The Kier molecular flexibility index (Phi) is 4.19. The minimum absolute atomic E-state index is 0.0849. The SMILES string of the molecule is O=C(O)C1CCCN(C(=O)Cn2ccc(C(F)(F)F)n2)C1. The molecule has 2 heterocycles. The van der Waals surface area contributed by atoms with E-state index in [0.717, 1.165) is 16.9 Å². The summed E-state index contributed by atoms with van der Waals surface area (Å²) in [4.78, 5) is 24.3. The van der Waals surface area contributed by atoms with E-state index >= 15 is 0 Å². The minimum atomic E-state index is -4.55. The van der Waals surface area contributed by atoms with E-state index in [4.69, 9.17) is 5.11 Å². The zero-order valence-electron chi connectivity index (χ0n) is 11.0. The van der Waals surface area contributed by atoms with Gasteiger partial charge in [-0.05, 0) is 18.9 Å². The molecular formula is C12H14F3N3O3. The summed E-state index contributed by atoms with van der Waals surface area (Å²) in [5.74, 6) is -2.02. The summed E-state index contributed by atoms with van der Waals surface area (Å²) >= 11 is 0. The van der Waals surface area contributed by atoms with Gasteiger partial charge in [-0.15, -0.1) is 0 Å². The van der Waals surface area contributed by atoms with Crippen LogP contribution in [0.1, 0.15) is 18.5 Å². The van der Waals surface area contributed by atoms with Gasteiger partial charge in [0, 0.05) is 19.3 Å². The minimum Gasteiger partial charge on any atom is -0.481 e. The molecule has 1 atom stereocenters. The van der Waals surface area contributed by atoms with E-state index in [0.29, 0.717) is 19.4 Å². The Morgan fingerprint density at radius 3 is 2.71 bits per heavy atom. The number of rotatable bonds is 3. The molecule has 116 valence electrons. The highest BCUT2D eigenvalue weighted by Crippen LogP contribution is 2.27. The van der Waals surface area contributed by atoms with E-state index < -0.39 is 29.7 Å². The monoisotopic (exact) mass is 305 g/mol. The number of carbonyl (C=O) groups excluding carboxylic acids is 1. The molecule has 6 nitrogen and oxygen atoms in total. The maximum atomic E-state index is 12.4. The zero-order valence-corrected chi connectivity index (χ0v) is 11.0. The molecule has 1 unspecified atom stereocenters. The van der Waals surface area contributed by atoms with Crippen LogP contribution in [-0.2, 0) is 22.3 Å². The fraction of sp³-hybridized carbons (Fsp3) is 0.583. The summed E-state index contributed by atoms with van der Waals surface area (Å²) in [6.07, 6.45) is -2.40. The fourth-order valence-corrected chi connectivity index (χ4v) is 2.24. The van der Waals surface area contributed by atoms with Crippen molar-refractivity contribution in [1.82, 2.24) is 14.7 Å². The number of carboxylic acids is 1. The molecule has 1 aliphatic heterocycles. The standard InChI is InChI=1S/C12H14F3N3O3/c13-12(14,15)9-3-5-18(16-9)7-10(19)17-4-1-2-8(6-17)11(20)21/h3,5,8H,1-2,4,6-7H2,(H,20,21). The molecule has 1 saturated heterocycles. The second-order valence-electron chi connectivity index (χ2n) is 4.91. The van der Waals surface area contributed by atoms with Gasteiger partial charge in [0.2, 0.25) is 5.91 Å². The van der Waals surface area contributed by atoms with Crippen molar-refractivity contribution in [3.05, 3.63) is 18.0 Å². The molecule has 9 heteroatoms. The number of amides is 1. The summed E-state index contributed by atoms with van der Waals surface area (Å²) in [6, 6.07) is 0.795. The van der Waals surface area contributed by atoms with Crippen molar-refractivity contribution in [2.24, 2.45) is 5.92 Å². The number of piperidine rings is 1. The number of aliphatic carboxylic acids is 1. The molecule has 2 rings (SSSR count). The maximum Gasteiger partial charge on any atom is 0.435 e. The third-order valence-corrected chi connectivity index (χ3v) is 3.35. The van der Waals surface area contributed by atoms with Gasteiger partial charge in [-0.3, -0.25) is 14.3 Å². The number of halogens is 3. The van der Waals surface area contributed by atoms with Crippen LogP contribution in [0.2, 0.25) is 0 Å². The highest BCUT2D eigenvalue weighted by atomic mass is 19.4. The lowest BCUT2D eigenvalue weighted by atomic mass is 9.98. The fourth-order valence-electron chi connectivity index (χ4n) is 2.24. The Labute approximate surface area is 118 Å². The van der Waals surface area contributed by atoms with E-state index in [1.807, 2.05) is 0 Å². The van der Waals surface area contributed by atoms with Crippen molar-refractivity contribution in [3.8, 4) is 0 Å².